The van der Waals surface area contributed by atoms with Crippen LogP contribution >= 0.6 is 0 Å². The first-order chi connectivity index (χ1) is 3.77. The van der Waals surface area contributed by atoms with Gasteiger partial charge in [-0.15, -0.1) is 5.11 Å². The minimum Gasteiger partial charge on any atom is -0.382 e. The van der Waals surface area contributed by atoms with Gasteiger partial charge in [-0.1, -0.05) is 5.22 Å². The highest BCUT2D eigenvalue weighted by Gasteiger charge is 1.69. The van der Waals surface area contributed by atoms with E-state index in [9.17, 15) is 0 Å². The van der Waals surface area contributed by atoms with Gasteiger partial charge in [0, 0.05) is 20.3 Å². The fraction of sp³-hybridized carbons (Fsp3) is 0.500. The van der Waals surface area contributed by atoms with Crippen LogP contribution in [-0.4, -0.2) is 19.0 Å². The van der Waals surface area contributed by atoms with E-state index < -0.39 is 0 Å². The molecule has 0 bridgehead atoms. The van der Waals surface area contributed by atoms with E-state index in [0.717, 1.165) is 0 Å². The number of rotatable bonds is 2. The summed E-state index contributed by atoms with van der Waals surface area (Å²) in [6.45, 7) is 0. The van der Waals surface area contributed by atoms with Crippen molar-refractivity contribution in [2.24, 2.45) is 16.2 Å². The topological polar surface area (TPSA) is 54.0 Å². The van der Waals surface area contributed by atoms with E-state index in [-0.39, 0.29) is 0 Å². The summed E-state index contributed by atoms with van der Waals surface area (Å²) >= 11 is 0. The monoisotopic (exact) mass is 114 g/mol. The Morgan fingerprint density at radius 1 is 1.50 bits per heavy atom. The summed E-state index contributed by atoms with van der Waals surface area (Å²) in [5.41, 5.74) is 0. The molecular weight excluding hydrogens is 104 g/mol. The van der Waals surface area contributed by atoms with E-state index in [1.807, 2.05) is 19.0 Å². The molecule has 0 saturated heterocycles. The van der Waals surface area contributed by atoms with Gasteiger partial charge < -0.3 is 10.7 Å². The lowest BCUT2D eigenvalue weighted by atomic mass is 10.8. The molecule has 2 N–H and O–H groups in total. The molecule has 0 spiro atoms. The van der Waals surface area contributed by atoms with Crippen LogP contribution in [0.4, 0.5) is 0 Å². The minimum absolute atomic E-state index is 1.51. The number of hydrogen-bond donors (Lipinski definition) is 1. The molecule has 4 nitrogen and oxygen atoms in total. The van der Waals surface area contributed by atoms with Crippen LogP contribution in [0, 0.1) is 0 Å². The van der Waals surface area contributed by atoms with Gasteiger partial charge in [-0.2, -0.15) is 0 Å². The van der Waals surface area contributed by atoms with Gasteiger partial charge in [-0.3, -0.25) is 0 Å². The third-order valence-electron chi connectivity index (χ3n) is 0.498. The molecule has 0 aromatic carbocycles. The molecule has 0 fully saturated rings. The molecule has 0 saturated carbocycles. The summed E-state index contributed by atoms with van der Waals surface area (Å²) < 4.78 is 0. The smallest absolute Gasteiger partial charge is 0.0671 e. The van der Waals surface area contributed by atoms with Crippen LogP contribution < -0.4 is 5.84 Å². The lowest BCUT2D eigenvalue weighted by Crippen LogP contribution is -1.99. The third kappa shape index (κ3) is 4.94. The standard InChI is InChI=1S/C4H10N4/c1-8(2)4-3-6-7-5/h3-4H,1-2H3,(H2,5,6)/b4-3+. The van der Waals surface area contributed by atoms with E-state index >= 15 is 0 Å². The Labute approximate surface area is 48.7 Å². The molecule has 0 amide bonds. The van der Waals surface area contributed by atoms with E-state index in [1.54, 1.807) is 6.20 Å². The van der Waals surface area contributed by atoms with Crippen molar-refractivity contribution in [2.75, 3.05) is 14.1 Å². The van der Waals surface area contributed by atoms with Crippen molar-refractivity contribution in [2.45, 2.75) is 0 Å². The fourth-order valence-electron chi connectivity index (χ4n) is 0.202. The number of nitrogens with zero attached hydrogens (tertiary/aromatic N) is 3. The molecule has 0 aromatic rings. The van der Waals surface area contributed by atoms with Crippen molar-refractivity contribution in [3.05, 3.63) is 12.4 Å². The van der Waals surface area contributed by atoms with Crippen LogP contribution in [0.15, 0.2) is 22.7 Å². The van der Waals surface area contributed by atoms with Gasteiger partial charge in [0.1, 0.15) is 0 Å². The minimum atomic E-state index is 1.51. The fourth-order valence-corrected chi connectivity index (χ4v) is 0.202. The van der Waals surface area contributed by atoms with E-state index in [0.29, 0.717) is 0 Å². The zero-order chi connectivity index (χ0) is 6.41. The SMILES string of the molecule is CN(C)/C=C/N=NN. The summed E-state index contributed by atoms with van der Waals surface area (Å²) in [5.74, 6) is 4.70. The number of hydrogen-bond acceptors (Lipinski definition) is 3. The van der Waals surface area contributed by atoms with Gasteiger partial charge in [-0.25, -0.2) is 0 Å². The molecule has 8 heavy (non-hydrogen) atoms. The third-order valence-corrected chi connectivity index (χ3v) is 0.498. The van der Waals surface area contributed by atoms with Crippen LogP contribution in [0.2, 0.25) is 0 Å². The first kappa shape index (κ1) is 6.94. The van der Waals surface area contributed by atoms with Crippen molar-refractivity contribution in [3.63, 3.8) is 0 Å². The first-order valence-corrected chi connectivity index (χ1v) is 2.20. The summed E-state index contributed by atoms with van der Waals surface area (Å²) in [5, 5.41) is 6.41. The van der Waals surface area contributed by atoms with Crippen molar-refractivity contribution < 1.29 is 0 Å². The average molecular weight is 114 g/mol. The lowest BCUT2D eigenvalue weighted by Gasteiger charge is -1.99. The summed E-state index contributed by atoms with van der Waals surface area (Å²) in [6.07, 6.45) is 3.26. The Bertz CT molecular complexity index is 94.2. The predicted octanol–water partition coefficient (Wildman–Crippen LogP) is 0.345. The zero-order valence-electron chi connectivity index (χ0n) is 5.07. The first-order valence-electron chi connectivity index (χ1n) is 2.20. The van der Waals surface area contributed by atoms with E-state index in [2.05, 4.69) is 10.3 Å². The van der Waals surface area contributed by atoms with Crippen LogP contribution in [0.25, 0.3) is 0 Å². The Morgan fingerprint density at radius 2 is 2.12 bits per heavy atom. The van der Waals surface area contributed by atoms with E-state index in [1.165, 1.54) is 6.20 Å². The van der Waals surface area contributed by atoms with Crippen molar-refractivity contribution in [1.82, 2.24) is 4.90 Å². The van der Waals surface area contributed by atoms with Gasteiger partial charge >= 0.3 is 0 Å². The molecular formula is C4H10N4. The second kappa shape index (κ2) is 4.11. The van der Waals surface area contributed by atoms with Crippen LogP contribution in [0.5, 0.6) is 0 Å². The molecule has 0 aliphatic rings. The molecule has 0 aliphatic carbocycles. The quantitative estimate of drug-likeness (QED) is 0.320. The molecule has 46 valence electrons. The van der Waals surface area contributed by atoms with Crippen molar-refractivity contribution in [1.29, 1.82) is 0 Å². The van der Waals surface area contributed by atoms with Gasteiger partial charge in [0.05, 0.1) is 6.20 Å². The maximum atomic E-state index is 4.70. The highest BCUT2D eigenvalue weighted by molar-refractivity contribution is 4.73. The lowest BCUT2D eigenvalue weighted by molar-refractivity contribution is 0.561. The molecule has 0 rings (SSSR count). The van der Waals surface area contributed by atoms with Gasteiger partial charge in [-0.05, 0) is 0 Å². The van der Waals surface area contributed by atoms with Gasteiger partial charge in [0.15, 0.2) is 0 Å². The summed E-state index contributed by atoms with van der Waals surface area (Å²) in [7, 11) is 3.78. The highest BCUT2D eigenvalue weighted by Crippen LogP contribution is 1.77. The Morgan fingerprint density at radius 3 is 2.50 bits per heavy atom. The van der Waals surface area contributed by atoms with Gasteiger partial charge in [0.25, 0.3) is 0 Å². The zero-order valence-corrected chi connectivity index (χ0v) is 5.07. The van der Waals surface area contributed by atoms with Crippen molar-refractivity contribution >= 4 is 0 Å². The molecule has 0 radical (unpaired) electrons. The predicted molar refractivity (Wildman–Crippen MR) is 31.9 cm³/mol. The van der Waals surface area contributed by atoms with Crippen LogP contribution in [0.1, 0.15) is 0 Å². The molecule has 0 aliphatic heterocycles. The average Bonchev–Trinajstić information content (AvgIpc) is 1.66. The Hall–Kier alpha value is -1.06. The number of nitrogens with two attached hydrogens (primary N) is 1. The molecule has 0 atom stereocenters. The normalized spacial score (nSPS) is 11.2. The molecule has 0 aromatic heterocycles. The molecule has 4 heteroatoms. The Kier molecular flexibility index (Phi) is 3.56. The highest BCUT2D eigenvalue weighted by atomic mass is 15.3. The van der Waals surface area contributed by atoms with Gasteiger partial charge in [0.2, 0.25) is 0 Å². The second-order valence-electron chi connectivity index (χ2n) is 1.49. The Balaban J connectivity index is 3.34. The van der Waals surface area contributed by atoms with Crippen LogP contribution in [-0.2, 0) is 0 Å². The summed E-state index contributed by atoms with van der Waals surface area (Å²) in [6, 6.07) is 0. The molecule has 0 unspecified atom stereocenters. The maximum Gasteiger partial charge on any atom is 0.0671 e. The van der Waals surface area contributed by atoms with Crippen molar-refractivity contribution in [3.8, 4) is 0 Å². The largest absolute Gasteiger partial charge is 0.382 e. The molecule has 0 heterocycles. The van der Waals surface area contributed by atoms with Crippen LogP contribution in [0.3, 0.4) is 0 Å². The maximum absolute atomic E-state index is 4.70. The van der Waals surface area contributed by atoms with E-state index in [4.69, 9.17) is 5.84 Å². The summed E-state index contributed by atoms with van der Waals surface area (Å²) in [4.78, 5) is 1.84. The second-order valence-corrected chi connectivity index (χ2v) is 1.49.